The van der Waals surface area contributed by atoms with Crippen LogP contribution < -0.4 is 16.4 Å². The highest BCUT2D eigenvalue weighted by atomic mass is 16.2. The molecular weight excluding hydrogens is 256 g/mol. The molecule has 20 heavy (non-hydrogen) atoms. The SMILES string of the molecule is CC(C)CNC(=O)C(C)NC(=O)Cc1ccc(N)cn1. The van der Waals surface area contributed by atoms with E-state index < -0.39 is 6.04 Å². The Morgan fingerprint density at radius 3 is 2.55 bits per heavy atom. The summed E-state index contributed by atoms with van der Waals surface area (Å²) in [6.45, 7) is 6.27. The van der Waals surface area contributed by atoms with Crippen LogP contribution in [0.5, 0.6) is 0 Å². The van der Waals surface area contributed by atoms with Crippen LogP contribution in [0.4, 0.5) is 5.69 Å². The molecule has 6 nitrogen and oxygen atoms in total. The molecule has 4 N–H and O–H groups in total. The van der Waals surface area contributed by atoms with E-state index in [0.29, 0.717) is 23.8 Å². The van der Waals surface area contributed by atoms with E-state index in [-0.39, 0.29) is 18.2 Å². The van der Waals surface area contributed by atoms with Crippen LogP contribution in [0.15, 0.2) is 18.3 Å². The minimum Gasteiger partial charge on any atom is -0.397 e. The first kappa shape index (κ1) is 15.9. The van der Waals surface area contributed by atoms with Gasteiger partial charge in [0.25, 0.3) is 0 Å². The second kappa shape index (κ2) is 7.47. The van der Waals surface area contributed by atoms with Gasteiger partial charge in [-0.15, -0.1) is 0 Å². The lowest BCUT2D eigenvalue weighted by Gasteiger charge is -2.15. The maximum absolute atomic E-state index is 11.8. The first-order chi connectivity index (χ1) is 9.38. The van der Waals surface area contributed by atoms with Crippen molar-refractivity contribution in [1.29, 1.82) is 0 Å². The van der Waals surface area contributed by atoms with Crippen molar-refractivity contribution >= 4 is 17.5 Å². The van der Waals surface area contributed by atoms with Gasteiger partial charge in [0, 0.05) is 12.2 Å². The minimum absolute atomic E-state index is 0.127. The van der Waals surface area contributed by atoms with Crippen LogP contribution in [-0.4, -0.2) is 29.4 Å². The minimum atomic E-state index is -0.560. The molecule has 0 radical (unpaired) electrons. The monoisotopic (exact) mass is 278 g/mol. The normalized spacial score (nSPS) is 12.0. The molecule has 0 saturated carbocycles. The summed E-state index contributed by atoms with van der Waals surface area (Å²) < 4.78 is 0. The molecule has 1 aromatic rings. The van der Waals surface area contributed by atoms with E-state index >= 15 is 0 Å². The van der Waals surface area contributed by atoms with Gasteiger partial charge in [-0.05, 0) is 25.0 Å². The van der Waals surface area contributed by atoms with Crippen molar-refractivity contribution < 1.29 is 9.59 Å². The molecule has 0 aliphatic heterocycles. The second-order valence-electron chi connectivity index (χ2n) is 5.19. The number of pyridine rings is 1. The fraction of sp³-hybridized carbons (Fsp3) is 0.500. The number of amides is 2. The number of hydrogen-bond donors (Lipinski definition) is 3. The van der Waals surface area contributed by atoms with E-state index in [1.807, 2.05) is 13.8 Å². The Hall–Kier alpha value is -2.11. The fourth-order valence-electron chi connectivity index (χ4n) is 1.52. The van der Waals surface area contributed by atoms with Crippen LogP contribution >= 0.6 is 0 Å². The summed E-state index contributed by atoms with van der Waals surface area (Å²) in [6.07, 6.45) is 1.63. The van der Waals surface area contributed by atoms with Crippen molar-refractivity contribution in [2.24, 2.45) is 5.92 Å². The lowest BCUT2D eigenvalue weighted by molar-refractivity contribution is -0.128. The maximum atomic E-state index is 11.8. The number of nitrogen functional groups attached to an aromatic ring is 1. The smallest absolute Gasteiger partial charge is 0.242 e. The number of hydrogen-bond acceptors (Lipinski definition) is 4. The number of nitrogens with one attached hydrogen (secondary N) is 2. The first-order valence-corrected chi connectivity index (χ1v) is 6.66. The Labute approximate surface area is 119 Å². The van der Waals surface area contributed by atoms with Crippen molar-refractivity contribution in [3.05, 3.63) is 24.0 Å². The molecule has 1 aromatic heterocycles. The number of carbonyl (C=O) groups is 2. The van der Waals surface area contributed by atoms with E-state index in [9.17, 15) is 9.59 Å². The van der Waals surface area contributed by atoms with Crippen LogP contribution in [0, 0.1) is 5.92 Å². The molecule has 0 spiro atoms. The fourth-order valence-corrected chi connectivity index (χ4v) is 1.52. The van der Waals surface area contributed by atoms with Gasteiger partial charge in [-0.1, -0.05) is 13.8 Å². The highest BCUT2D eigenvalue weighted by molar-refractivity contribution is 5.87. The molecule has 0 aliphatic rings. The zero-order chi connectivity index (χ0) is 15.1. The molecular formula is C14H22N4O2. The first-order valence-electron chi connectivity index (χ1n) is 6.66. The van der Waals surface area contributed by atoms with E-state index in [1.54, 1.807) is 19.1 Å². The molecule has 2 amide bonds. The van der Waals surface area contributed by atoms with E-state index in [4.69, 9.17) is 5.73 Å². The zero-order valence-corrected chi connectivity index (χ0v) is 12.1. The molecule has 1 atom stereocenters. The zero-order valence-electron chi connectivity index (χ0n) is 12.1. The van der Waals surface area contributed by atoms with E-state index in [0.717, 1.165) is 0 Å². The number of carbonyl (C=O) groups excluding carboxylic acids is 2. The highest BCUT2D eigenvalue weighted by Crippen LogP contribution is 2.02. The van der Waals surface area contributed by atoms with E-state index in [2.05, 4.69) is 15.6 Å². The summed E-state index contributed by atoms with van der Waals surface area (Å²) in [5, 5.41) is 5.42. The van der Waals surface area contributed by atoms with Gasteiger partial charge < -0.3 is 16.4 Å². The molecule has 1 rings (SSSR count). The molecule has 1 heterocycles. The Morgan fingerprint density at radius 1 is 1.30 bits per heavy atom. The summed E-state index contributed by atoms with van der Waals surface area (Å²) >= 11 is 0. The lowest BCUT2D eigenvalue weighted by atomic mass is 10.2. The van der Waals surface area contributed by atoms with Crippen LogP contribution in [-0.2, 0) is 16.0 Å². The van der Waals surface area contributed by atoms with Crippen molar-refractivity contribution in [2.75, 3.05) is 12.3 Å². The van der Waals surface area contributed by atoms with Crippen molar-refractivity contribution in [3.63, 3.8) is 0 Å². The second-order valence-corrected chi connectivity index (χ2v) is 5.19. The number of nitrogens with two attached hydrogens (primary N) is 1. The highest BCUT2D eigenvalue weighted by Gasteiger charge is 2.15. The van der Waals surface area contributed by atoms with Gasteiger partial charge in [0.1, 0.15) is 6.04 Å². The summed E-state index contributed by atoms with van der Waals surface area (Å²) in [6, 6.07) is 2.82. The van der Waals surface area contributed by atoms with Gasteiger partial charge in [-0.2, -0.15) is 0 Å². The van der Waals surface area contributed by atoms with Gasteiger partial charge in [-0.25, -0.2) is 0 Å². The van der Waals surface area contributed by atoms with Crippen molar-refractivity contribution in [2.45, 2.75) is 33.2 Å². The Bertz CT molecular complexity index is 457. The summed E-state index contributed by atoms with van der Waals surface area (Å²) in [5.41, 5.74) is 6.69. The van der Waals surface area contributed by atoms with Crippen LogP contribution in [0.2, 0.25) is 0 Å². The average Bonchev–Trinajstić information content (AvgIpc) is 2.38. The molecule has 0 fully saturated rings. The Balaban J connectivity index is 2.41. The number of anilines is 1. The van der Waals surface area contributed by atoms with E-state index in [1.165, 1.54) is 6.20 Å². The third-order valence-electron chi connectivity index (χ3n) is 2.64. The quantitative estimate of drug-likeness (QED) is 0.705. The predicted octanol–water partition coefficient (Wildman–Crippen LogP) is 0.483. The Morgan fingerprint density at radius 2 is 2.00 bits per heavy atom. The lowest BCUT2D eigenvalue weighted by Crippen LogP contribution is -2.46. The molecule has 0 aromatic carbocycles. The van der Waals surface area contributed by atoms with Gasteiger partial charge in [0.2, 0.25) is 11.8 Å². The number of nitrogens with zero attached hydrogens (tertiary/aromatic N) is 1. The molecule has 6 heteroatoms. The molecule has 0 aliphatic carbocycles. The standard InChI is InChI=1S/C14H22N4O2/c1-9(2)7-17-14(20)10(3)18-13(19)6-12-5-4-11(15)8-16-12/h4-5,8-10H,6-7,15H2,1-3H3,(H,17,20)(H,18,19). The third-order valence-corrected chi connectivity index (χ3v) is 2.64. The van der Waals surface area contributed by atoms with Crippen LogP contribution in [0.25, 0.3) is 0 Å². The van der Waals surface area contributed by atoms with Gasteiger partial charge in [0.15, 0.2) is 0 Å². The largest absolute Gasteiger partial charge is 0.397 e. The van der Waals surface area contributed by atoms with Gasteiger partial charge in [-0.3, -0.25) is 14.6 Å². The Kier molecular flexibility index (Phi) is 5.96. The molecule has 1 unspecified atom stereocenters. The summed E-state index contributed by atoms with van der Waals surface area (Å²) in [5.74, 6) is -0.0485. The van der Waals surface area contributed by atoms with Gasteiger partial charge in [0.05, 0.1) is 18.3 Å². The summed E-state index contributed by atoms with van der Waals surface area (Å²) in [7, 11) is 0. The average molecular weight is 278 g/mol. The third kappa shape index (κ3) is 5.69. The number of aromatic nitrogens is 1. The van der Waals surface area contributed by atoms with Crippen molar-refractivity contribution in [1.82, 2.24) is 15.6 Å². The van der Waals surface area contributed by atoms with Gasteiger partial charge >= 0.3 is 0 Å². The molecule has 110 valence electrons. The molecule has 0 bridgehead atoms. The topological polar surface area (TPSA) is 97.1 Å². The number of rotatable bonds is 6. The molecule has 0 saturated heterocycles. The predicted molar refractivity (Wildman–Crippen MR) is 77.8 cm³/mol. The van der Waals surface area contributed by atoms with Crippen LogP contribution in [0.3, 0.4) is 0 Å². The summed E-state index contributed by atoms with van der Waals surface area (Å²) in [4.78, 5) is 27.6. The maximum Gasteiger partial charge on any atom is 0.242 e. The van der Waals surface area contributed by atoms with Crippen LogP contribution in [0.1, 0.15) is 26.5 Å². The van der Waals surface area contributed by atoms with Crippen molar-refractivity contribution in [3.8, 4) is 0 Å².